The maximum atomic E-state index is 12.3. The topological polar surface area (TPSA) is 32.3 Å². The van der Waals surface area contributed by atoms with E-state index >= 15 is 0 Å². The standard InChI is InChI=1S/C15H22N2OS.ClH/c18-14(12-13-2-1-11-19-13)17-9-5-15(6-10-17)3-7-16-8-4-15;/h1-2,11,16H,3-10,12H2;1H. The highest BCUT2D eigenvalue weighted by atomic mass is 35.5. The van der Waals surface area contributed by atoms with Crippen LogP contribution in [-0.2, 0) is 11.2 Å². The molecule has 0 bridgehead atoms. The molecule has 2 saturated heterocycles. The van der Waals surface area contributed by atoms with Crippen molar-refractivity contribution < 1.29 is 4.79 Å². The van der Waals surface area contributed by atoms with Crippen LogP contribution in [0.3, 0.4) is 0 Å². The number of carbonyl (C=O) groups is 1. The summed E-state index contributed by atoms with van der Waals surface area (Å²) >= 11 is 1.68. The minimum Gasteiger partial charge on any atom is -0.342 e. The smallest absolute Gasteiger partial charge is 0.227 e. The number of rotatable bonds is 2. The molecule has 0 saturated carbocycles. The van der Waals surface area contributed by atoms with E-state index in [2.05, 4.69) is 16.3 Å². The summed E-state index contributed by atoms with van der Waals surface area (Å²) in [6.45, 7) is 4.24. The summed E-state index contributed by atoms with van der Waals surface area (Å²) in [6, 6.07) is 4.08. The first kappa shape index (κ1) is 15.8. The molecule has 3 heterocycles. The maximum Gasteiger partial charge on any atom is 0.227 e. The lowest BCUT2D eigenvalue weighted by molar-refractivity contribution is -0.133. The molecule has 2 fully saturated rings. The van der Waals surface area contributed by atoms with E-state index in [1.54, 1.807) is 11.3 Å². The molecule has 1 amide bonds. The molecule has 0 radical (unpaired) electrons. The van der Waals surface area contributed by atoms with Crippen LogP contribution in [-0.4, -0.2) is 37.0 Å². The average Bonchev–Trinajstić information content (AvgIpc) is 2.93. The number of halogens is 1. The predicted octanol–water partition coefficient (Wildman–Crippen LogP) is 2.70. The first-order valence-electron chi connectivity index (χ1n) is 7.28. The van der Waals surface area contributed by atoms with E-state index in [9.17, 15) is 4.79 Å². The number of hydrogen-bond donors (Lipinski definition) is 1. The van der Waals surface area contributed by atoms with Gasteiger partial charge >= 0.3 is 0 Å². The van der Waals surface area contributed by atoms with Gasteiger partial charge in [0.15, 0.2) is 0 Å². The molecule has 5 heteroatoms. The van der Waals surface area contributed by atoms with Crippen LogP contribution in [0, 0.1) is 5.41 Å². The number of thiophene rings is 1. The zero-order valence-electron chi connectivity index (χ0n) is 11.8. The van der Waals surface area contributed by atoms with Crippen molar-refractivity contribution in [3.05, 3.63) is 22.4 Å². The second-order valence-electron chi connectivity index (χ2n) is 5.89. The minimum atomic E-state index is 0. The van der Waals surface area contributed by atoms with Crippen LogP contribution in [0.25, 0.3) is 0 Å². The molecule has 112 valence electrons. The molecule has 0 aliphatic carbocycles. The number of hydrogen-bond acceptors (Lipinski definition) is 3. The Hall–Kier alpha value is -0.580. The first-order valence-corrected chi connectivity index (χ1v) is 8.16. The Kier molecular flexibility index (Phi) is 5.47. The Morgan fingerprint density at radius 2 is 1.95 bits per heavy atom. The van der Waals surface area contributed by atoms with Crippen LogP contribution >= 0.6 is 23.7 Å². The summed E-state index contributed by atoms with van der Waals surface area (Å²) in [5.74, 6) is 0.311. The summed E-state index contributed by atoms with van der Waals surface area (Å²) in [5, 5.41) is 5.49. The molecule has 0 aromatic carbocycles. The molecule has 0 unspecified atom stereocenters. The van der Waals surface area contributed by atoms with E-state index in [1.165, 1.54) is 30.6 Å². The molecule has 3 rings (SSSR count). The van der Waals surface area contributed by atoms with E-state index in [0.717, 1.165) is 26.2 Å². The van der Waals surface area contributed by atoms with Crippen LogP contribution in [0.4, 0.5) is 0 Å². The summed E-state index contributed by atoms with van der Waals surface area (Å²) in [7, 11) is 0. The normalized spacial score (nSPS) is 21.5. The largest absolute Gasteiger partial charge is 0.342 e. The lowest BCUT2D eigenvalue weighted by atomic mass is 9.71. The number of nitrogens with zero attached hydrogens (tertiary/aromatic N) is 1. The van der Waals surface area contributed by atoms with Crippen molar-refractivity contribution in [3.63, 3.8) is 0 Å². The Morgan fingerprint density at radius 3 is 2.55 bits per heavy atom. The van der Waals surface area contributed by atoms with E-state index in [4.69, 9.17) is 0 Å². The SMILES string of the molecule is Cl.O=C(Cc1cccs1)N1CCC2(CCNCC2)CC1. The first-order chi connectivity index (χ1) is 9.27. The van der Waals surface area contributed by atoms with Crippen molar-refractivity contribution in [3.8, 4) is 0 Å². The van der Waals surface area contributed by atoms with Gasteiger partial charge in [0.1, 0.15) is 0 Å². The Morgan fingerprint density at radius 1 is 1.25 bits per heavy atom. The molecule has 2 aliphatic rings. The van der Waals surface area contributed by atoms with Crippen molar-refractivity contribution in [1.29, 1.82) is 0 Å². The van der Waals surface area contributed by atoms with Crippen molar-refractivity contribution >= 4 is 29.7 Å². The molecule has 0 atom stereocenters. The molecule has 1 N–H and O–H groups in total. The molecule has 1 aromatic heterocycles. The zero-order valence-corrected chi connectivity index (χ0v) is 13.4. The van der Waals surface area contributed by atoms with Crippen LogP contribution < -0.4 is 5.32 Å². The van der Waals surface area contributed by atoms with Crippen molar-refractivity contribution in [2.75, 3.05) is 26.2 Å². The quantitative estimate of drug-likeness (QED) is 0.910. The monoisotopic (exact) mass is 314 g/mol. The fourth-order valence-corrected chi connectivity index (χ4v) is 4.06. The molecule has 3 nitrogen and oxygen atoms in total. The van der Waals surface area contributed by atoms with Gasteiger partial charge in [-0.15, -0.1) is 23.7 Å². The number of likely N-dealkylation sites (tertiary alicyclic amines) is 1. The number of piperidine rings is 2. The average molecular weight is 315 g/mol. The van der Waals surface area contributed by atoms with E-state index in [0.29, 0.717) is 17.7 Å². The molecule has 2 aliphatic heterocycles. The number of amides is 1. The Balaban J connectivity index is 0.00000147. The minimum absolute atomic E-state index is 0. The van der Waals surface area contributed by atoms with Crippen LogP contribution in [0.1, 0.15) is 30.6 Å². The third-order valence-electron chi connectivity index (χ3n) is 4.75. The maximum absolute atomic E-state index is 12.3. The fraction of sp³-hybridized carbons (Fsp3) is 0.667. The lowest BCUT2D eigenvalue weighted by Gasteiger charge is -2.44. The highest BCUT2D eigenvalue weighted by Crippen LogP contribution is 2.39. The third kappa shape index (κ3) is 3.54. The number of nitrogens with one attached hydrogen (secondary N) is 1. The van der Waals surface area contributed by atoms with Crippen LogP contribution in [0.15, 0.2) is 17.5 Å². The van der Waals surface area contributed by atoms with E-state index < -0.39 is 0 Å². The van der Waals surface area contributed by atoms with Crippen LogP contribution in [0.2, 0.25) is 0 Å². The second-order valence-corrected chi connectivity index (χ2v) is 6.92. The fourth-order valence-electron chi connectivity index (χ4n) is 3.36. The zero-order chi connectivity index (χ0) is 13.1. The van der Waals surface area contributed by atoms with Gasteiger partial charge in [0.2, 0.25) is 5.91 Å². The summed E-state index contributed by atoms with van der Waals surface area (Å²) in [5.41, 5.74) is 0.533. The van der Waals surface area contributed by atoms with Gasteiger partial charge in [-0.2, -0.15) is 0 Å². The highest BCUT2D eigenvalue weighted by Gasteiger charge is 2.36. The van der Waals surface area contributed by atoms with Gasteiger partial charge in [-0.3, -0.25) is 4.79 Å². The molecule has 20 heavy (non-hydrogen) atoms. The third-order valence-corrected chi connectivity index (χ3v) is 5.62. The van der Waals surface area contributed by atoms with Crippen molar-refractivity contribution in [2.24, 2.45) is 5.41 Å². The summed E-state index contributed by atoms with van der Waals surface area (Å²) in [4.78, 5) is 15.5. The van der Waals surface area contributed by atoms with Crippen molar-refractivity contribution in [2.45, 2.75) is 32.1 Å². The Labute approximate surface area is 131 Å². The lowest BCUT2D eigenvalue weighted by Crippen LogP contribution is -2.47. The van der Waals surface area contributed by atoms with E-state index in [-0.39, 0.29) is 12.4 Å². The number of carbonyl (C=O) groups excluding carboxylic acids is 1. The molecule has 1 spiro atoms. The van der Waals surface area contributed by atoms with Crippen LogP contribution in [0.5, 0.6) is 0 Å². The van der Waals surface area contributed by atoms with Gasteiger partial charge < -0.3 is 10.2 Å². The molecular weight excluding hydrogens is 292 g/mol. The van der Waals surface area contributed by atoms with Crippen molar-refractivity contribution in [1.82, 2.24) is 10.2 Å². The van der Waals surface area contributed by atoms with Gasteiger partial charge in [-0.1, -0.05) is 6.07 Å². The van der Waals surface area contributed by atoms with Gasteiger partial charge in [-0.05, 0) is 55.6 Å². The summed E-state index contributed by atoms with van der Waals surface area (Å²) < 4.78 is 0. The molecular formula is C15H23ClN2OS. The van der Waals surface area contributed by atoms with Gasteiger partial charge in [-0.25, -0.2) is 0 Å². The van der Waals surface area contributed by atoms with Gasteiger partial charge in [0.05, 0.1) is 6.42 Å². The predicted molar refractivity (Wildman–Crippen MR) is 85.6 cm³/mol. The Bertz CT molecular complexity index is 419. The second kappa shape index (κ2) is 6.92. The highest BCUT2D eigenvalue weighted by molar-refractivity contribution is 7.10. The van der Waals surface area contributed by atoms with E-state index in [1.807, 2.05) is 11.4 Å². The summed E-state index contributed by atoms with van der Waals surface area (Å²) in [6.07, 6.45) is 5.57. The molecule has 1 aromatic rings. The van der Waals surface area contributed by atoms with Gasteiger partial charge in [0, 0.05) is 18.0 Å². The van der Waals surface area contributed by atoms with Gasteiger partial charge in [0.25, 0.3) is 0 Å².